The standard InChI is InChI=1S/C21H25NO4/c1-5-12-25-18-9-7-17(8-10-18)21(24)26-16(4)20(23)22-19-11-6-14(2)13-15(19)3/h6-11,13,16H,5,12H2,1-4H3,(H,22,23)/t16-/m0/s1. The second kappa shape index (κ2) is 9.04. The van der Waals surface area contributed by atoms with Crippen molar-refractivity contribution in [1.29, 1.82) is 0 Å². The van der Waals surface area contributed by atoms with Crippen molar-refractivity contribution in [2.24, 2.45) is 0 Å². The first-order valence-electron chi connectivity index (χ1n) is 8.72. The number of ether oxygens (including phenoxy) is 2. The summed E-state index contributed by atoms with van der Waals surface area (Å²) in [4.78, 5) is 24.5. The van der Waals surface area contributed by atoms with E-state index in [0.29, 0.717) is 23.6 Å². The van der Waals surface area contributed by atoms with E-state index in [1.54, 1.807) is 31.2 Å². The van der Waals surface area contributed by atoms with Gasteiger partial charge in [-0.1, -0.05) is 24.6 Å². The molecule has 2 aromatic rings. The van der Waals surface area contributed by atoms with Gasteiger partial charge in [-0.15, -0.1) is 0 Å². The minimum Gasteiger partial charge on any atom is -0.494 e. The van der Waals surface area contributed by atoms with Gasteiger partial charge in [0.1, 0.15) is 5.75 Å². The molecule has 1 amide bonds. The molecular weight excluding hydrogens is 330 g/mol. The largest absolute Gasteiger partial charge is 0.494 e. The van der Waals surface area contributed by atoms with Crippen LogP contribution in [0.15, 0.2) is 42.5 Å². The van der Waals surface area contributed by atoms with Gasteiger partial charge in [0.2, 0.25) is 0 Å². The number of anilines is 1. The van der Waals surface area contributed by atoms with Crippen LogP contribution in [0.3, 0.4) is 0 Å². The highest BCUT2D eigenvalue weighted by Gasteiger charge is 2.19. The van der Waals surface area contributed by atoms with Gasteiger partial charge < -0.3 is 14.8 Å². The van der Waals surface area contributed by atoms with E-state index in [9.17, 15) is 9.59 Å². The van der Waals surface area contributed by atoms with E-state index >= 15 is 0 Å². The van der Waals surface area contributed by atoms with Crippen molar-refractivity contribution < 1.29 is 19.1 Å². The van der Waals surface area contributed by atoms with Crippen LogP contribution in [0.4, 0.5) is 5.69 Å². The van der Waals surface area contributed by atoms with Gasteiger partial charge in [0.05, 0.1) is 12.2 Å². The molecule has 1 N–H and O–H groups in total. The van der Waals surface area contributed by atoms with Crippen LogP contribution in [-0.4, -0.2) is 24.6 Å². The summed E-state index contributed by atoms with van der Waals surface area (Å²) < 4.78 is 10.7. The Kier molecular flexibility index (Phi) is 6.78. The SMILES string of the molecule is CCCOc1ccc(C(=O)O[C@@H](C)C(=O)Nc2ccc(C)cc2C)cc1. The molecule has 0 aliphatic rings. The molecule has 0 aliphatic carbocycles. The topological polar surface area (TPSA) is 64.6 Å². The first-order valence-corrected chi connectivity index (χ1v) is 8.72. The van der Waals surface area contributed by atoms with Crippen molar-refractivity contribution in [3.8, 4) is 5.75 Å². The molecule has 0 bridgehead atoms. The van der Waals surface area contributed by atoms with Crippen LogP contribution >= 0.6 is 0 Å². The van der Waals surface area contributed by atoms with Crippen molar-refractivity contribution in [3.63, 3.8) is 0 Å². The molecule has 138 valence electrons. The first kappa shape index (κ1) is 19.5. The summed E-state index contributed by atoms with van der Waals surface area (Å²) in [6.07, 6.45) is 0.0101. The smallest absolute Gasteiger partial charge is 0.338 e. The molecule has 0 aliphatic heterocycles. The van der Waals surface area contributed by atoms with E-state index in [-0.39, 0.29) is 5.91 Å². The number of rotatable bonds is 7. The third-order valence-corrected chi connectivity index (χ3v) is 3.86. The zero-order chi connectivity index (χ0) is 19.1. The number of benzene rings is 2. The molecule has 5 nitrogen and oxygen atoms in total. The Bertz CT molecular complexity index is 768. The first-order chi connectivity index (χ1) is 12.4. The predicted octanol–water partition coefficient (Wildman–Crippen LogP) is 4.28. The maximum atomic E-state index is 12.3. The van der Waals surface area contributed by atoms with Crippen LogP contribution < -0.4 is 10.1 Å². The zero-order valence-electron chi connectivity index (χ0n) is 15.7. The summed E-state index contributed by atoms with van der Waals surface area (Å²) in [5.74, 6) is -0.215. The molecule has 1 atom stereocenters. The number of carbonyl (C=O) groups excluding carboxylic acids is 2. The third kappa shape index (κ3) is 5.34. The summed E-state index contributed by atoms with van der Waals surface area (Å²) in [5, 5.41) is 2.79. The molecule has 2 rings (SSSR count). The molecule has 0 heterocycles. The van der Waals surface area contributed by atoms with E-state index in [1.165, 1.54) is 0 Å². The molecule has 0 fully saturated rings. The lowest BCUT2D eigenvalue weighted by atomic mass is 10.1. The van der Waals surface area contributed by atoms with E-state index in [0.717, 1.165) is 17.5 Å². The van der Waals surface area contributed by atoms with E-state index in [2.05, 4.69) is 5.32 Å². The lowest BCUT2D eigenvalue weighted by Gasteiger charge is -2.15. The summed E-state index contributed by atoms with van der Waals surface area (Å²) in [7, 11) is 0. The van der Waals surface area contributed by atoms with Gasteiger partial charge >= 0.3 is 5.97 Å². The second-order valence-electron chi connectivity index (χ2n) is 6.23. The minimum absolute atomic E-state index is 0.367. The normalized spacial score (nSPS) is 11.5. The number of hydrogen-bond acceptors (Lipinski definition) is 4. The van der Waals surface area contributed by atoms with Crippen LogP contribution in [0, 0.1) is 13.8 Å². The molecular formula is C21H25NO4. The van der Waals surface area contributed by atoms with E-state index in [1.807, 2.05) is 39.0 Å². The number of amides is 1. The number of nitrogens with one attached hydrogen (secondary N) is 1. The Morgan fingerprint density at radius 3 is 2.38 bits per heavy atom. The maximum Gasteiger partial charge on any atom is 0.338 e. The van der Waals surface area contributed by atoms with Crippen LogP contribution in [0.25, 0.3) is 0 Å². The predicted molar refractivity (Wildman–Crippen MR) is 102 cm³/mol. The molecule has 0 saturated carbocycles. The van der Waals surface area contributed by atoms with Crippen molar-refractivity contribution in [2.75, 3.05) is 11.9 Å². The average Bonchev–Trinajstić information content (AvgIpc) is 2.62. The Morgan fingerprint density at radius 1 is 1.08 bits per heavy atom. The summed E-state index contributed by atoms with van der Waals surface area (Å²) in [5.41, 5.74) is 3.16. The van der Waals surface area contributed by atoms with Crippen LogP contribution in [0.5, 0.6) is 5.75 Å². The molecule has 0 saturated heterocycles. The van der Waals surface area contributed by atoms with Crippen LogP contribution in [0.2, 0.25) is 0 Å². The van der Waals surface area contributed by atoms with E-state index < -0.39 is 12.1 Å². The van der Waals surface area contributed by atoms with Crippen molar-refractivity contribution >= 4 is 17.6 Å². The van der Waals surface area contributed by atoms with E-state index in [4.69, 9.17) is 9.47 Å². The highest BCUT2D eigenvalue weighted by Crippen LogP contribution is 2.17. The van der Waals surface area contributed by atoms with Gasteiger partial charge in [0.25, 0.3) is 5.91 Å². The molecule has 0 aromatic heterocycles. The molecule has 5 heteroatoms. The molecule has 0 spiro atoms. The summed E-state index contributed by atoms with van der Waals surface area (Å²) in [6, 6.07) is 12.4. The number of hydrogen-bond donors (Lipinski definition) is 1. The summed E-state index contributed by atoms with van der Waals surface area (Å²) >= 11 is 0. The molecule has 26 heavy (non-hydrogen) atoms. The minimum atomic E-state index is -0.903. The highest BCUT2D eigenvalue weighted by atomic mass is 16.5. The van der Waals surface area contributed by atoms with Gasteiger partial charge in [-0.25, -0.2) is 4.79 Å². The van der Waals surface area contributed by atoms with Crippen LogP contribution in [-0.2, 0) is 9.53 Å². The average molecular weight is 355 g/mol. The Labute approximate surface area is 154 Å². The van der Waals surface area contributed by atoms with Crippen molar-refractivity contribution in [2.45, 2.75) is 40.2 Å². The Morgan fingerprint density at radius 2 is 1.77 bits per heavy atom. The molecule has 2 aromatic carbocycles. The van der Waals surface area contributed by atoms with Gasteiger partial charge in [0, 0.05) is 5.69 Å². The Hall–Kier alpha value is -2.82. The third-order valence-electron chi connectivity index (χ3n) is 3.86. The van der Waals surface area contributed by atoms with Gasteiger partial charge in [-0.2, -0.15) is 0 Å². The monoisotopic (exact) mass is 355 g/mol. The quantitative estimate of drug-likeness (QED) is 0.753. The summed E-state index contributed by atoms with van der Waals surface area (Å²) in [6.45, 7) is 8.11. The fraction of sp³-hybridized carbons (Fsp3) is 0.333. The lowest BCUT2D eigenvalue weighted by molar-refractivity contribution is -0.123. The van der Waals surface area contributed by atoms with Crippen molar-refractivity contribution in [1.82, 2.24) is 0 Å². The highest BCUT2D eigenvalue weighted by molar-refractivity contribution is 5.97. The fourth-order valence-corrected chi connectivity index (χ4v) is 2.38. The van der Waals surface area contributed by atoms with Gasteiger partial charge in [0.15, 0.2) is 6.10 Å². The molecule has 0 radical (unpaired) electrons. The number of esters is 1. The number of carbonyl (C=O) groups is 2. The zero-order valence-corrected chi connectivity index (χ0v) is 15.7. The number of aryl methyl sites for hydroxylation is 2. The second-order valence-corrected chi connectivity index (χ2v) is 6.23. The van der Waals surface area contributed by atoms with Crippen molar-refractivity contribution in [3.05, 3.63) is 59.2 Å². The van der Waals surface area contributed by atoms with Gasteiger partial charge in [-0.3, -0.25) is 4.79 Å². The molecule has 0 unspecified atom stereocenters. The maximum absolute atomic E-state index is 12.3. The van der Waals surface area contributed by atoms with Crippen LogP contribution in [0.1, 0.15) is 41.8 Å². The fourth-order valence-electron chi connectivity index (χ4n) is 2.38. The lowest BCUT2D eigenvalue weighted by Crippen LogP contribution is -2.30. The van der Waals surface area contributed by atoms with Gasteiger partial charge in [-0.05, 0) is 63.1 Å². The Balaban J connectivity index is 1.94.